The standard InChI is InChI=1S/C26H22N2O9S/c1-17-2-12-23(13-3-17)38(34,35)37-22-10-4-18(5-11-22)24(29)16-36-26(31)19-14-25(30)27(15-19)20-6-8-21(9-7-20)28(32)33/h2-13,19H,14-16H2,1H3/t19-/m1/s1. The molecule has 0 bridgehead atoms. The van der Waals surface area contributed by atoms with Gasteiger partial charge < -0.3 is 13.8 Å². The van der Waals surface area contributed by atoms with Gasteiger partial charge in [-0.05, 0) is 55.5 Å². The smallest absolute Gasteiger partial charge is 0.339 e. The number of Topliss-reactive ketones (excluding diaryl/α,β-unsaturated/α-hetero) is 1. The number of nitro groups is 1. The van der Waals surface area contributed by atoms with Crippen LogP contribution in [0, 0.1) is 23.0 Å². The Morgan fingerprint density at radius 1 is 1.00 bits per heavy atom. The van der Waals surface area contributed by atoms with E-state index in [1.807, 2.05) is 6.92 Å². The number of anilines is 1. The Bertz CT molecular complexity index is 1480. The maximum Gasteiger partial charge on any atom is 0.339 e. The second-order valence-corrected chi connectivity index (χ2v) is 10.1. The summed E-state index contributed by atoms with van der Waals surface area (Å²) in [5.74, 6) is -2.38. The molecule has 4 rings (SSSR count). The van der Waals surface area contributed by atoms with Crippen LogP contribution in [0.3, 0.4) is 0 Å². The molecule has 0 saturated carbocycles. The number of ether oxygens (including phenoxy) is 1. The van der Waals surface area contributed by atoms with E-state index in [4.69, 9.17) is 8.92 Å². The van der Waals surface area contributed by atoms with Gasteiger partial charge in [0, 0.05) is 36.3 Å². The number of non-ortho nitro benzene ring substituents is 1. The number of amides is 1. The summed E-state index contributed by atoms with van der Waals surface area (Å²) < 4.78 is 35.1. The molecule has 1 saturated heterocycles. The Morgan fingerprint density at radius 2 is 1.63 bits per heavy atom. The fourth-order valence-corrected chi connectivity index (χ4v) is 4.71. The van der Waals surface area contributed by atoms with Gasteiger partial charge in [0.2, 0.25) is 5.91 Å². The molecule has 3 aromatic rings. The van der Waals surface area contributed by atoms with Gasteiger partial charge in [0.05, 0.1) is 10.8 Å². The molecule has 11 nitrogen and oxygen atoms in total. The van der Waals surface area contributed by atoms with Crippen molar-refractivity contribution in [3.63, 3.8) is 0 Å². The zero-order chi connectivity index (χ0) is 27.4. The van der Waals surface area contributed by atoms with E-state index in [0.717, 1.165) is 5.56 Å². The topological polar surface area (TPSA) is 150 Å². The van der Waals surface area contributed by atoms with Crippen molar-refractivity contribution in [1.82, 2.24) is 0 Å². The van der Waals surface area contributed by atoms with Gasteiger partial charge in [-0.3, -0.25) is 24.5 Å². The van der Waals surface area contributed by atoms with Gasteiger partial charge >= 0.3 is 16.1 Å². The van der Waals surface area contributed by atoms with E-state index in [-0.39, 0.29) is 40.8 Å². The molecule has 0 radical (unpaired) electrons. The number of ketones is 1. The summed E-state index contributed by atoms with van der Waals surface area (Å²) in [5, 5.41) is 10.8. The number of carbonyl (C=O) groups excluding carboxylic acids is 3. The predicted octanol–water partition coefficient (Wildman–Crippen LogP) is 3.45. The molecule has 1 heterocycles. The lowest BCUT2D eigenvalue weighted by atomic mass is 10.1. The molecule has 1 aliphatic heterocycles. The molecule has 0 aromatic heterocycles. The number of esters is 1. The Hall–Kier alpha value is -4.58. The van der Waals surface area contributed by atoms with Gasteiger partial charge in [-0.25, -0.2) is 0 Å². The predicted molar refractivity (Wildman–Crippen MR) is 134 cm³/mol. The Labute approximate surface area is 217 Å². The molecule has 0 unspecified atom stereocenters. The van der Waals surface area contributed by atoms with Crippen molar-refractivity contribution in [2.75, 3.05) is 18.1 Å². The summed E-state index contributed by atoms with van der Waals surface area (Å²) in [7, 11) is -4.04. The minimum atomic E-state index is -4.04. The molecule has 0 N–H and O–H groups in total. The van der Waals surface area contributed by atoms with E-state index in [2.05, 4.69) is 0 Å². The highest BCUT2D eigenvalue weighted by molar-refractivity contribution is 7.87. The van der Waals surface area contributed by atoms with Gasteiger partial charge in [-0.15, -0.1) is 0 Å². The normalized spacial score (nSPS) is 15.2. The molecule has 12 heteroatoms. The molecule has 1 aliphatic rings. The van der Waals surface area contributed by atoms with Crippen molar-refractivity contribution in [2.24, 2.45) is 5.92 Å². The lowest BCUT2D eigenvalue weighted by Crippen LogP contribution is -2.27. The molecule has 1 atom stereocenters. The number of benzene rings is 3. The highest BCUT2D eigenvalue weighted by Gasteiger charge is 2.36. The largest absolute Gasteiger partial charge is 0.457 e. The summed E-state index contributed by atoms with van der Waals surface area (Å²) in [6.45, 7) is 1.28. The van der Waals surface area contributed by atoms with Crippen molar-refractivity contribution >= 4 is 39.2 Å². The maximum atomic E-state index is 12.5. The van der Waals surface area contributed by atoms with Crippen LogP contribution in [-0.2, 0) is 24.4 Å². The number of nitrogens with zero attached hydrogens (tertiary/aromatic N) is 2. The lowest BCUT2D eigenvalue weighted by molar-refractivity contribution is -0.384. The van der Waals surface area contributed by atoms with E-state index in [1.54, 1.807) is 12.1 Å². The number of carbonyl (C=O) groups is 3. The summed E-state index contributed by atoms with van der Waals surface area (Å²) in [6, 6.07) is 16.9. The number of rotatable bonds is 9. The van der Waals surface area contributed by atoms with Crippen molar-refractivity contribution in [2.45, 2.75) is 18.2 Å². The molecule has 196 valence electrons. The SMILES string of the molecule is Cc1ccc(S(=O)(=O)Oc2ccc(C(=O)COC(=O)[C@@H]3CC(=O)N(c4ccc([N+](=O)[O-])cc4)C3)cc2)cc1. The fraction of sp³-hybridized carbons (Fsp3) is 0.192. The minimum absolute atomic E-state index is 0.00676. The van der Waals surface area contributed by atoms with E-state index in [1.165, 1.54) is 65.6 Å². The highest BCUT2D eigenvalue weighted by atomic mass is 32.2. The van der Waals surface area contributed by atoms with E-state index >= 15 is 0 Å². The Balaban J connectivity index is 1.31. The number of hydrogen-bond acceptors (Lipinski definition) is 9. The van der Waals surface area contributed by atoms with Crippen molar-refractivity contribution < 1.29 is 36.6 Å². The summed E-state index contributed by atoms with van der Waals surface area (Å²) in [6.07, 6.45) is -0.120. The van der Waals surface area contributed by atoms with Gasteiger partial charge in [0.15, 0.2) is 12.4 Å². The molecule has 38 heavy (non-hydrogen) atoms. The van der Waals surface area contributed by atoms with Crippen LogP contribution in [0.4, 0.5) is 11.4 Å². The van der Waals surface area contributed by atoms with E-state index in [9.17, 15) is 32.9 Å². The highest BCUT2D eigenvalue weighted by Crippen LogP contribution is 2.27. The first-order valence-corrected chi connectivity index (χ1v) is 12.8. The first-order valence-electron chi connectivity index (χ1n) is 11.4. The number of aryl methyl sites for hydroxylation is 1. The van der Waals surface area contributed by atoms with E-state index < -0.39 is 39.3 Å². The average molecular weight is 539 g/mol. The third kappa shape index (κ3) is 6.03. The van der Waals surface area contributed by atoms with Gasteiger partial charge in [-0.1, -0.05) is 17.7 Å². The zero-order valence-corrected chi connectivity index (χ0v) is 20.9. The van der Waals surface area contributed by atoms with Crippen molar-refractivity contribution in [1.29, 1.82) is 0 Å². The Kier molecular flexibility index (Phi) is 7.53. The van der Waals surface area contributed by atoms with Crippen LogP contribution in [0.1, 0.15) is 22.3 Å². The molecule has 0 aliphatic carbocycles. The van der Waals surface area contributed by atoms with Gasteiger partial charge in [-0.2, -0.15) is 8.42 Å². The molecule has 0 spiro atoms. The third-order valence-corrected chi connectivity index (χ3v) is 7.13. The van der Waals surface area contributed by atoms with E-state index in [0.29, 0.717) is 5.69 Å². The molecular weight excluding hydrogens is 516 g/mol. The second-order valence-electron chi connectivity index (χ2n) is 8.58. The molecule has 3 aromatic carbocycles. The van der Waals surface area contributed by atoms with Gasteiger partial charge in [0.25, 0.3) is 5.69 Å². The van der Waals surface area contributed by atoms with Crippen molar-refractivity contribution in [3.8, 4) is 5.75 Å². The third-order valence-electron chi connectivity index (χ3n) is 5.87. The monoisotopic (exact) mass is 538 g/mol. The van der Waals surface area contributed by atoms with Crippen LogP contribution in [0.25, 0.3) is 0 Å². The maximum absolute atomic E-state index is 12.5. The minimum Gasteiger partial charge on any atom is -0.457 e. The van der Waals surface area contributed by atoms with Crippen molar-refractivity contribution in [3.05, 3.63) is 94.0 Å². The van der Waals surface area contributed by atoms with Crippen LogP contribution >= 0.6 is 0 Å². The number of hydrogen-bond donors (Lipinski definition) is 0. The summed E-state index contributed by atoms with van der Waals surface area (Å²) in [5.41, 5.74) is 1.36. The molecular formula is C26H22N2O9S. The van der Waals surface area contributed by atoms with Gasteiger partial charge in [0.1, 0.15) is 10.6 Å². The molecule has 1 fully saturated rings. The zero-order valence-electron chi connectivity index (χ0n) is 20.1. The first-order chi connectivity index (χ1) is 18.0. The summed E-state index contributed by atoms with van der Waals surface area (Å²) in [4.78, 5) is 48.9. The fourth-order valence-electron chi connectivity index (χ4n) is 3.78. The van der Waals surface area contributed by atoms with Crippen LogP contribution in [0.5, 0.6) is 5.75 Å². The second kappa shape index (κ2) is 10.8. The number of nitro benzene ring substituents is 1. The average Bonchev–Trinajstić information content (AvgIpc) is 3.29. The van der Waals surface area contributed by atoms with Crippen LogP contribution in [0.15, 0.2) is 77.7 Å². The molecule has 1 amide bonds. The van der Waals surface area contributed by atoms with Crippen LogP contribution < -0.4 is 9.08 Å². The summed E-state index contributed by atoms with van der Waals surface area (Å²) >= 11 is 0. The quantitative estimate of drug-likeness (QED) is 0.131. The van der Waals surface area contributed by atoms with Crippen LogP contribution in [-0.4, -0.2) is 44.2 Å². The Morgan fingerprint density at radius 3 is 2.24 bits per heavy atom. The first kappa shape index (κ1) is 26.5. The lowest BCUT2D eigenvalue weighted by Gasteiger charge is -2.16. The van der Waals surface area contributed by atoms with Crippen LogP contribution in [0.2, 0.25) is 0 Å².